The van der Waals surface area contributed by atoms with Gasteiger partial charge in [0.1, 0.15) is 0 Å². The first-order valence-corrected chi connectivity index (χ1v) is 6.07. The number of amides is 1. The molecule has 0 aliphatic carbocycles. The molecule has 0 saturated carbocycles. The second-order valence-corrected chi connectivity index (χ2v) is 4.63. The maximum Gasteiger partial charge on any atom is 0.334 e. The minimum absolute atomic E-state index is 0.136. The summed E-state index contributed by atoms with van der Waals surface area (Å²) in [5.74, 6) is -1.63. The maximum absolute atomic E-state index is 11.5. The van der Waals surface area contributed by atoms with Gasteiger partial charge >= 0.3 is 5.97 Å². The van der Waals surface area contributed by atoms with Gasteiger partial charge in [-0.15, -0.1) is 0 Å². The second kappa shape index (κ2) is 5.59. The summed E-state index contributed by atoms with van der Waals surface area (Å²) in [6.07, 6.45) is 0.155. The third kappa shape index (κ3) is 2.60. The molecule has 1 aromatic carbocycles. The van der Waals surface area contributed by atoms with Gasteiger partial charge in [0.15, 0.2) is 5.54 Å². The van der Waals surface area contributed by atoms with Crippen LogP contribution in [-0.2, 0) is 15.1 Å². The molecule has 1 unspecified atom stereocenters. The van der Waals surface area contributed by atoms with Gasteiger partial charge in [-0.2, -0.15) is 0 Å². The number of aliphatic carboxylic acids is 1. The number of carbonyl (C=O) groups is 2. The Labute approximate surface area is 115 Å². The Balaban J connectivity index is 3.47. The fraction of sp³-hybridized carbons (Fsp3) is 0.333. The fourth-order valence-corrected chi connectivity index (χ4v) is 2.26. The Morgan fingerprint density at radius 3 is 2.44 bits per heavy atom. The molecular weight excluding hydrogens is 277 g/mol. The van der Waals surface area contributed by atoms with Crippen molar-refractivity contribution in [3.63, 3.8) is 0 Å². The predicted molar refractivity (Wildman–Crippen MR) is 69.9 cm³/mol. The lowest BCUT2D eigenvalue weighted by Gasteiger charge is -2.30. The lowest BCUT2D eigenvalue weighted by atomic mass is 9.87. The van der Waals surface area contributed by atoms with Crippen LogP contribution in [0.15, 0.2) is 18.2 Å². The molecule has 0 bridgehead atoms. The van der Waals surface area contributed by atoms with Crippen LogP contribution in [-0.4, -0.2) is 17.0 Å². The quantitative estimate of drug-likeness (QED) is 0.896. The van der Waals surface area contributed by atoms with E-state index in [0.29, 0.717) is 0 Å². The SMILES string of the molecule is CCC(NC(C)=O)(C(=O)O)c1cccc(Cl)c1Cl. The van der Waals surface area contributed by atoms with E-state index >= 15 is 0 Å². The first-order chi connectivity index (χ1) is 8.35. The van der Waals surface area contributed by atoms with Crippen molar-refractivity contribution in [2.24, 2.45) is 0 Å². The summed E-state index contributed by atoms with van der Waals surface area (Å²) in [6.45, 7) is 2.91. The van der Waals surface area contributed by atoms with Crippen LogP contribution in [0.3, 0.4) is 0 Å². The van der Waals surface area contributed by atoms with E-state index in [-0.39, 0.29) is 22.0 Å². The van der Waals surface area contributed by atoms with Crippen molar-refractivity contribution in [2.45, 2.75) is 25.8 Å². The molecule has 1 aromatic rings. The van der Waals surface area contributed by atoms with Crippen LogP contribution in [0.2, 0.25) is 10.0 Å². The van der Waals surface area contributed by atoms with Gasteiger partial charge in [-0.25, -0.2) is 4.79 Å². The number of rotatable bonds is 4. The van der Waals surface area contributed by atoms with Crippen LogP contribution in [0, 0.1) is 0 Å². The molecule has 1 atom stereocenters. The molecule has 6 heteroatoms. The molecule has 0 heterocycles. The van der Waals surface area contributed by atoms with E-state index in [2.05, 4.69) is 5.32 Å². The monoisotopic (exact) mass is 289 g/mol. The Bertz CT molecular complexity index is 490. The minimum Gasteiger partial charge on any atom is -0.479 e. The Hall–Kier alpha value is -1.26. The molecule has 0 aromatic heterocycles. The Morgan fingerprint density at radius 2 is 2.00 bits per heavy atom. The van der Waals surface area contributed by atoms with E-state index in [0.717, 1.165) is 0 Å². The molecule has 0 radical (unpaired) electrons. The molecular formula is C12H13Cl2NO3. The minimum atomic E-state index is -1.56. The average Bonchev–Trinajstić information content (AvgIpc) is 2.29. The molecule has 0 spiro atoms. The molecule has 0 fully saturated rings. The van der Waals surface area contributed by atoms with Gasteiger partial charge < -0.3 is 10.4 Å². The Kier molecular flexibility index (Phi) is 4.59. The van der Waals surface area contributed by atoms with Crippen LogP contribution >= 0.6 is 23.2 Å². The average molecular weight is 290 g/mol. The summed E-state index contributed by atoms with van der Waals surface area (Å²) in [5, 5.41) is 12.3. The van der Waals surface area contributed by atoms with Gasteiger partial charge in [0.05, 0.1) is 10.0 Å². The van der Waals surface area contributed by atoms with Crippen LogP contribution in [0.5, 0.6) is 0 Å². The lowest BCUT2D eigenvalue weighted by molar-refractivity contribution is -0.148. The molecule has 0 aliphatic rings. The summed E-state index contributed by atoms with van der Waals surface area (Å²) in [4.78, 5) is 22.8. The smallest absolute Gasteiger partial charge is 0.334 e. The van der Waals surface area contributed by atoms with Crippen molar-refractivity contribution < 1.29 is 14.7 Å². The van der Waals surface area contributed by atoms with Gasteiger partial charge in [-0.1, -0.05) is 42.3 Å². The van der Waals surface area contributed by atoms with E-state index in [1.807, 2.05) is 0 Å². The molecule has 4 nitrogen and oxygen atoms in total. The second-order valence-electron chi connectivity index (χ2n) is 3.85. The first kappa shape index (κ1) is 14.8. The van der Waals surface area contributed by atoms with Crippen LogP contribution in [0.25, 0.3) is 0 Å². The zero-order valence-electron chi connectivity index (χ0n) is 9.96. The standard InChI is InChI=1S/C12H13Cl2NO3/c1-3-12(11(17)18,15-7(2)16)8-5-4-6-9(13)10(8)14/h4-6H,3H2,1-2H3,(H,15,16)(H,17,18). The molecule has 98 valence electrons. The van der Waals surface area contributed by atoms with E-state index in [4.69, 9.17) is 23.2 Å². The topological polar surface area (TPSA) is 66.4 Å². The molecule has 0 saturated heterocycles. The molecule has 1 amide bonds. The summed E-state index contributed by atoms with van der Waals surface area (Å²) >= 11 is 11.9. The van der Waals surface area contributed by atoms with Gasteiger partial charge in [-0.3, -0.25) is 4.79 Å². The number of carbonyl (C=O) groups excluding carboxylic acids is 1. The van der Waals surface area contributed by atoms with E-state index in [9.17, 15) is 14.7 Å². The fourth-order valence-electron chi connectivity index (χ4n) is 1.80. The van der Waals surface area contributed by atoms with E-state index in [1.54, 1.807) is 25.1 Å². The summed E-state index contributed by atoms with van der Waals surface area (Å²) < 4.78 is 0. The summed E-state index contributed by atoms with van der Waals surface area (Å²) in [5.41, 5.74) is -1.28. The Morgan fingerprint density at radius 1 is 1.39 bits per heavy atom. The van der Waals surface area contributed by atoms with Gasteiger partial charge in [0.2, 0.25) is 5.91 Å². The molecule has 1 rings (SSSR count). The number of benzene rings is 1. The van der Waals surface area contributed by atoms with E-state index < -0.39 is 17.4 Å². The highest BCUT2D eigenvalue weighted by molar-refractivity contribution is 6.42. The van der Waals surface area contributed by atoms with Gasteiger partial charge in [-0.05, 0) is 12.5 Å². The van der Waals surface area contributed by atoms with Crippen LogP contribution in [0.4, 0.5) is 0 Å². The summed E-state index contributed by atoms with van der Waals surface area (Å²) in [6, 6.07) is 4.70. The van der Waals surface area contributed by atoms with Crippen molar-refractivity contribution >= 4 is 35.1 Å². The lowest BCUT2D eigenvalue weighted by Crippen LogP contribution is -2.51. The van der Waals surface area contributed by atoms with Gasteiger partial charge in [0.25, 0.3) is 0 Å². The highest BCUT2D eigenvalue weighted by atomic mass is 35.5. The normalized spacial score (nSPS) is 13.8. The molecule has 2 N–H and O–H groups in total. The van der Waals surface area contributed by atoms with Crippen LogP contribution < -0.4 is 5.32 Å². The van der Waals surface area contributed by atoms with Crippen molar-refractivity contribution in [1.82, 2.24) is 5.32 Å². The third-order valence-corrected chi connectivity index (χ3v) is 3.52. The predicted octanol–water partition coefficient (Wildman–Crippen LogP) is 2.82. The third-order valence-electron chi connectivity index (χ3n) is 2.70. The zero-order valence-corrected chi connectivity index (χ0v) is 11.5. The maximum atomic E-state index is 11.5. The number of hydrogen-bond acceptors (Lipinski definition) is 2. The molecule has 0 aliphatic heterocycles. The largest absolute Gasteiger partial charge is 0.479 e. The zero-order chi connectivity index (χ0) is 13.9. The number of hydrogen-bond donors (Lipinski definition) is 2. The van der Waals surface area contributed by atoms with Crippen molar-refractivity contribution in [3.8, 4) is 0 Å². The highest BCUT2D eigenvalue weighted by Gasteiger charge is 2.41. The number of carboxylic acid groups (broad SMARTS) is 1. The number of halogens is 2. The first-order valence-electron chi connectivity index (χ1n) is 5.31. The van der Waals surface area contributed by atoms with Crippen molar-refractivity contribution in [1.29, 1.82) is 0 Å². The number of nitrogens with one attached hydrogen (secondary N) is 1. The van der Waals surface area contributed by atoms with Crippen molar-refractivity contribution in [2.75, 3.05) is 0 Å². The van der Waals surface area contributed by atoms with Gasteiger partial charge in [0, 0.05) is 12.5 Å². The van der Waals surface area contributed by atoms with Crippen molar-refractivity contribution in [3.05, 3.63) is 33.8 Å². The van der Waals surface area contributed by atoms with E-state index in [1.165, 1.54) is 6.92 Å². The number of carboxylic acids is 1. The highest BCUT2D eigenvalue weighted by Crippen LogP contribution is 2.35. The van der Waals surface area contributed by atoms with Crippen LogP contribution in [0.1, 0.15) is 25.8 Å². The molecule has 18 heavy (non-hydrogen) atoms. The summed E-state index contributed by atoms with van der Waals surface area (Å²) in [7, 11) is 0.